The van der Waals surface area contributed by atoms with E-state index >= 15 is 0 Å². The van der Waals surface area contributed by atoms with E-state index in [2.05, 4.69) is 38.8 Å². The Morgan fingerprint density at radius 2 is 2.16 bits per heavy atom. The Bertz CT molecular complexity index is 718. The summed E-state index contributed by atoms with van der Waals surface area (Å²) >= 11 is 0. The Morgan fingerprint density at radius 1 is 1.32 bits per heavy atom. The summed E-state index contributed by atoms with van der Waals surface area (Å²) in [7, 11) is 0. The zero-order valence-electron chi connectivity index (χ0n) is 15.3. The summed E-state index contributed by atoms with van der Waals surface area (Å²) in [5.74, 6) is 1.12. The van der Waals surface area contributed by atoms with E-state index in [1.165, 1.54) is 37.8 Å². The van der Waals surface area contributed by atoms with Crippen molar-refractivity contribution in [2.24, 2.45) is 0 Å². The van der Waals surface area contributed by atoms with Crippen molar-refractivity contribution in [2.75, 3.05) is 13.1 Å². The minimum absolute atomic E-state index is 0.101. The van der Waals surface area contributed by atoms with Crippen molar-refractivity contribution in [3.8, 4) is 0 Å². The summed E-state index contributed by atoms with van der Waals surface area (Å²) in [6.45, 7) is 6.74. The maximum absolute atomic E-state index is 11.8. The summed E-state index contributed by atoms with van der Waals surface area (Å²) < 4.78 is 2.11. The van der Waals surface area contributed by atoms with Gasteiger partial charge in [0.15, 0.2) is 5.78 Å². The topological polar surface area (TPSA) is 50.2 Å². The van der Waals surface area contributed by atoms with Crippen molar-refractivity contribution in [1.82, 2.24) is 19.8 Å². The Kier molecular flexibility index (Phi) is 4.50. The van der Waals surface area contributed by atoms with Gasteiger partial charge in [-0.2, -0.15) is 0 Å². The average molecular weight is 340 g/mol. The molecule has 25 heavy (non-hydrogen) atoms. The molecule has 4 rings (SSSR count). The third kappa shape index (κ3) is 3.06. The predicted molar refractivity (Wildman–Crippen MR) is 98.4 cm³/mol. The van der Waals surface area contributed by atoms with Crippen LogP contribution in [0.15, 0.2) is 29.6 Å². The van der Waals surface area contributed by atoms with Crippen LogP contribution in [0.5, 0.6) is 0 Å². The summed E-state index contributed by atoms with van der Waals surface area (Å²) in [5.41, 5.74) is 3.71. The molecule has 3 heterocycles. The van der Waals surface area contributed by atoms with Crippen LogP contribution in [0, 0.1) is 0 Å². The number of ketones is 1. The molecule has 1 saturated carbocycles. The second-order valence-electron chi connectivity index (χ2n) is 7.48. The van der Waals surface area contributed by atoms with Crippen molar-refractivity contribution in [1.29, 1.82) is 0 Å². The monoisotopic (exact) mass is 340 g/mol. The van der Waals surface area contributed by atoms with Crippen LogP contribution >= 0.6 is 0 Å². The zero-order valence-corrected chi connectivity index (χ0v) is 15.3. The first-order chi connectivity index (χ1) is 12.1. The zero-order chi connectivity index (χ0) is 17.4. The SMILES string of the molecule is CC(=O)c1cnc2n1CCN(C(/C=C/C1CCCN1)=C1CCC1)C2C. The van der Waals surface area contributed by atoms with E-state index in [0.717, 1.165) is 31.2 Å². The summed E-state index contributed by atoms with van der Waals surface area (Å²) in [5, 5.41) is 3.55. The third-order valence-corrected chi connectivity index (χ3v) is 5.87. The van der Waals surface area contributed by atoms with Crippen molar-refractivity contribution >= 4 is 5.78 Å². The van der Waals surface area contributed by atoms with Crippen LogP contribution in [-0.2, 0) is 6.54 Å². The van der Waals surface area contributed by atoms with E-state index in [1.807, 2.05) is 0 Å². The lowest BCUT2D eigenvalue weighted by Gasteiger charge is -2.39. The van der Waals surface area contributed by atoms with Gasteiger partial charge in [-0.15, -0.1) is 0 Å². The second-order valence-corrected chi connectivity index (χ2v) is 7.48. The van der Waals surface area contributed by atoms with Gasteiger partial charge in [0.05, 0.1) is 12.2 Å². The van der Waals surface area contributed by atoms with E-state index in [-0.39, 0.29) is 11.8 Å². The number of fused-ring (bicyclic) bond motifs is 1. The van der Waals surface area contributed by atoms with Gasteiger partial charge in [-0.25, -0.2) is 4.98 Å². The van der Waals surface area contributed by atoms with E-state index in [9.17, 15) is 4.79 Å². The molecule has 2 unspecified atom stereocenters. The predicted octanol–water partition coefficient (Wildman–Crippen LogP) is 3.21. The van der Waals surface area contributed by atoms with Crippen LogP contribution < -0.4 is 5.32 Å². The van der Waals surface area contributed by atoms with Crippen LogP contribution in [0.2, 0.25) is 0 Å². The van der Waals surface area contributed by atoms with Crippen LogP contribution in [-0.4, -0.2) is 39.4 Å². The van der Waals surface area contributed by atoms with Crippen LogP contribution in [0.4, 0.5) is 0 Å². The summed E-state index contributed by atoms with van der Waals surface area (Å²) in [4.78, 5) is 18.9. The molecule has 1 saturated heterocycles. The Morgan fingerprint density at radius 3 is 2.80 bits per heavy atom. The van der Waals surface area contributed by atoms with E-state index in [4.69, 9.17) is 0 Å². The smallest absolute Gasteiger partial charge is 0.177 e. The number of allylic oxidation sites excluding steroid dienone is 2. The van der Waals surface area contributed by atoms with Gasteiger partial charge in [-0.1, -0.05) is 6.08 Å². The normalized spacial score (nSPS) is 26.0. The molecule has 1 N–H and O–H groups in total. The highest BCUT2D eigenvalue weighted by Gasteiger charge is 2.30. The van der Waals surface area contributed by atoms with Crippen LogP contribution in [0.3, 0.4) is 0 Å². The lowest BCUT2D eigenvalue weighted by atomic mass is 9.89. The maximum Gasteiger partial charge on any atom is 0.177 e. The number of nitrogens with zero attached hydrogens (tertiary/aromatic N) is 3. The number of nitrogens with one attached hydrogen (secondary N) is 1. The molecule has 0 amide bonds. The molecule has 0 aromatic carbocycles. The van der Waals surface area contributed by atoms with Gasteiger partial charge in [0.25, 0.3) is 0 Å². The molecule has 1 aliphatic carbocycles. The van der Waals surface area contributed by atoms with Crippen molar-refractivity contribution in [2.45, 2.75) is 64.6 Å². The number of carbonyl (C=O) groups excluding carboxylic acids is 1. The van der Waals surface area contributed by atoms with Gasteiger partial charge in [0.2, 0.25) is 0 Å². The van der Waals surface area contributed by atoms with Gasteiger partial charge in [-0.3, -0.25) is 4.79 Å². The quantitative estimate of drug-likeness (QED) is 0.855. The Hall–Kier alpha value is -1.88. The largest absolute Gasteiger partial charge is 0.360 e. The fraction of sp³-hybridized carbons (Fsp3) is 0.600. The standard InChI is InChI=1S/C20H28N4O/c1-14-20-22-13-19(15(2)25)24(20)12-11-23(14)18(16-5-3-6-16)9-8-17-7-4-10-21-17/h8-9,13-14,17,21H,3-7,10-12H2,1-2H3/b9-8+. The summed E-state index contributed by atoms with van der Waals surface area (Å²) in [6, 6.07) is 0.716. The minimum Gasteiger partial charge on any atom is -0.360 e. The highest BCUT2D eigenvalue weighted by atomic mass is 16.1. The fourth-order valence-corrected chi connectivity index (χ4v) is 4.22. The average Bonchev–Trinajstić information content (AvgIpc) is 3.19. The highest BCUT2D eigenvalue weighted by molar-refractivity contribution is 5.92. The van der Waals surface area contributed by atoms with Crippen molar-refractivity contribution < 1.29 is 4.79 Å². The van der Waals surface area contributed by atoms with Crippen LogP contribution in [0.1, 0.15) is 68.3 Å². The maximum atomic E-state index is 11.8. The number of hydrogen-bond acceptors (Lipinski definition) is 4. The molecule has 2 aliphatic heterocycles. The Balaban J connectivity index is 1.61. The third-order valence-electron chi connectivity index (χ3n) is 5.87. The van der Waals surface area contributed by atoms with E-state index < -0.39 is 0 Å². The highest BCUT2D eigenvalue weighted by Crippen LogP contribution is 2.36. The van der Waals surface area contributed by atoms with Gasteiger partial charge < -0.3 is 14.8 Å². The fourth-order valence-electron chi connectivity index (χ4n) is 4.22. The lowest BCUT2D eigenvalue weighted by molar-refractivity contribution is 0.1000. The number of carbonyl (C=O) groups is 1. The van der Waals surface area contributed by atoms with E-state index in [1.54, 1.807) is 18.7 Å². The van der Waals surface area contributed by atoms with E-state index in [0.29, 0.717) is 6.04 Å². The van der Waals surface area contributed by atoms with Gasteiger partial charge in [0.1, 0.15) is 11.5 Å². The van der Waals surface area contributed by atoms with Crippen molar-refractivity contribution in [3.63, 3.8) is 0 Å². The molecule has 5 heteroatoms. The number of hydrogen-bond donors (Lipinski definition) is 1. The van der Waals surface area contributed by atoms with Crippen LogP contribution in [0.25, 0.3) is 0 Å². The molecular formula is C20H28N4O. The molecule has 0 radical (unpaired) electrons. The van der Waals surface area contributed by atoms with Gasteiger partial charge in [-0.05, 0) is 57.2 Å². The molecule has 5 nitrogen and oxygen atoms in total. The minimum atomic E-state index is 0.101. The molecule has 2 atom stereocenters. The molecule has 2 fully saturated rings. The summed E-state index contributed by atoms with van der Waals surface area (Å²) in [6.07, 6.45) is 12.7. The molecule has 0 spiro atoms. The van der Waals surface area contributed by atoms with Gasteiger partial charge in [0, 0.05) is 31.8 Å². The molecule has 134 valence electrons. The first-order valence-electron chi connectivity index (χ1n) is 9.62. The number of rotatable bonds is 4. The first kappa shape index (κ1) is 16.6. The Labute approximate surface area is 149 Å². The first-order valence-corrected chi connectivity index (χ1v) is 9.62. The number of aromatic nitrogens is 2. The molecule has 0 bridgehead atoms. The molecule has 3 aliphatic rings. The van der Waals surface area contributed by atoms with Gasteiger partial charge >= 0.3 is 0 Å². The molecule has 1 aromatic heterocycles. The lowest BCUT2D eigenvalue weighted by Crippen LogP contribution is -2.38. The molecule has 1 aromatic rings. The number of Topliss-reactive ketones (excluding diaryl/α,β-unsaturated/α-hetero) is 1. The number of imidazole rings is 1. The van der Waals surface area contributed by atoms with Crippen molar-refractivity contribution in [3.05, 3.63) is 41.1 Å². The molecular weight excluding hydrogens is 312 g/mol. The second kappa shape index (κ2) is 6.79.